The molecule has 1 aliphatic rings. The van der Waals surface area contributed by atoms with Gasteiger partial charge >= 0.3 is 0 Å². The molecule has 2 N–H and O–H groups in total. The van der Waals surface area contributed by atoms with Gasteiger partial charge in [0.2, 0.25) is 0 Å². The van der Waals surface area contributed by atoms with Crippen molar-refractivity contribution >= 4 is 0 Å². The van der Waals surface area contributed by atoms with Crippen LogP contribution < -0.4 is 15.2 Å². The Morgan fingerprint density at radius 2 is 1.65 bits per heavy atom. The predicted octanol–water partition coefficient (Wildman–Crippen LogP) is 2.74. The summed E-state index contributed by atoms with van der Waals surface area (Å²) in [5, 5.41) is 0. The molecule has 1 fully saturated rings. The number of ether oxygens (including phenoxy) is 2. The monoisotopic (exact) mass is 235 g/mol. The van der Waals surface area contributed by atoms with E-state index in [-0.39, 0.29) is 5.54 Å². The number of aryl methyl sites for hydroxylation is 1. The highest BCUT2D eigenvalue weighted by Gasteiger charge is 2.35. The highest BCUT2D eigenvalue weighted by Crippen LogP contribution is 2.45. The van der Waals surface area contributed by atoms with E-state index in [0.717, 1.165) is 35.5 Å². The summed E-state index contributed by atoms with van der Waals surface area (Å²) in [5.74, 6) is 1.61. The van der Waals surface area contributed by atoms with Crippen LogP contribution in [0, 0.1) is 6.92 Å². The quantitative estimate of drug-likeness (QED) is 0.876. The Labute approximate surface area is 103 Å². The van der Waals surface area contributed by atoms with Crippen LogP contribution in [0.4, 0.5) is 0 Å². The van der Waals surface area contributed by atoms with Crippen LogP contribution in [0.5, 0.6) is 11.5 Å². The van der Waals surface area contributed by atoms with Crippen molar-refractivity contribution < 1.29 is 9.47 Å². The molecule has 0 unspecified atom stereocenters. The van der Waals surface area contributed by atoms with Gasteiger partial charge in [0.1, 0.15) is 0 Å². The number of benzene rings is 1. The minimum absolute atomic E-state index is 0.244. The van der Waals surface area contributed by atoms with Crippen LogP contribution in [0.25, 0.3) is 0 Å². The summed E-state index contributed by atoms with van der Waals surface area (Å²) < 4.78 is 11.0. The Morgan fingerprint density at radius 3 is 2.18 bits per heavy atom. The maximum atomic E-state index is 6.49. The molecule has 1 aromatic rings. The lowest BCUT2D eigenvalue weighted by Gasteiger charge is -2.27. The van der Waals surface area contributed by atoms with E-state index in [1.54, 1.807) is 14.2 Å². The zero-order valence-electron chi connectivity index (χ0n) is 10.9. The van der Waals surface area contributed by atoms with Crippen LogP contribution >= 0.6 is 0 Å². The first kappa shape index (κ1) is 12.2. The molecular weight excluding hydrogens is 214 g/mol. The molecule has 94 valence electrons. The molecule has 1 aromatic carbocycles. The second-order valence-electron chi connectivity index (χ2n) is 4.86. The van der Waals surface area contributed by atoms with Crippen LogP contribution in [-0.4, -0.2) is 14.2 Å². The van der Waals surface area contributed by atoms with E-state index in [2.05, 4.69) is 12.1 Å². The summed E-state index contributed by atoms with van der Waals surface area (Å²) >= 11 is 0. The third-order valence-electron chi connectivity index (χ3n) is 3.75. The summed E-state index contributed by atoms with van der Waals surface area (Å²) in [6, 6.07) is 4.14. The minimum atomic E-state index is -0.244. The molecule has 0 aromatic heterocycles. The maximum Gasteiger partial charge on any atom is 0.166 e. The van der Waals surface area contributed by atoms with E-state index in [9.17, 15) is 0 Å². The number of nitrogens with two attached hydrogens (primary N) is 1. The standard InChI is InChI=1S/C14H21NO2/c1-10-6-7-11(13(17-3)12(10)16-2)14(15)8-4-5-9-14/h6-7H,4-5,8-9,15H2,1-3H3. The number of hydrogen-bond donors (Lipinski definition) is 1. The third kappa shape index (κ3) is 2.00. The lowest BCUT2D eigenvalue weighted by molar-refractivity contribution is 0.335. The maximum absolute atomic E-state index is 6.49. The largest absolute Gasteiger partial charge is 0.493 e. The second-order valence-corrected chi connectivity index (χ2v) is 4.86. The Bertz CT molecular complexity index is 409. The zero-order chi connectivity index (χ0) is 12.5. The molecule has 17 heavy (non-hydrogen) atoms. The van der Waals surface area contributed by atoms with E-state index in [4.69, 9.17) is 15.2 Å². The topological polar surface area (TPSA) is 44.5 Å². The summed E-state index contributed by atoms with van der Waals surface area (Å²) in [4.78, 5) is 0. The summed E-state index contributed by atoms with van der Waals surface area (Å²) in [7, 11) is 3.35. The zero-order valence-corrected chi connectivity index (χ0v) is 10.9. The fraction of sp³-hybridized carbons (Fsp3) is 0.571. The van der Waals surface area contributed by atoms with Crippen molar-refractivity contribution in [3.63, 3.8) is 0 Å². The van der Waals surface area contributed by atoms with Crippen molar-refractivity contribution in [1.82, 2.24) is 0 Å². The first-order valence-electron chi connectivity index (χ1n) is 6.13. The molecule has 3 heteroatoms. The van der Waals surface area contributed by atoms with Crippen molar-refractivity contribution in [2.75, 3.05) is 14.2 Å². The van der Waals surface area contributed by atoms with Gasteiger partial charge in [-0.1, -0.05) is 25.0 Å². The summed E-state index contributed by atoms with van der Waals surface area (Å²) in [5.41, 5.74) is 8.41. The molecule has 0 amide bonds. The number of methoxy groups -OCH3 is 2. The van der Waals surface area contributed by atoms with Gasteiger partial charge in [0.25, 0.3) is 0 Å². The molecule has 0 atom stereocenters. The van der Waals surface area contributed by atoms with E-state index < -0.39 is 0 Å². The van der Waals surface area contributed by atoms with Gasteiger partial charge in [-0.05, 0) is 25.3 Å². The fourth-order valence-electron chi connectivity index (χ4n) is 2.78. The Balaban J connectivity index is 2.54. The van der Waals surface area contributed by atoms with Gasteiger partial charge in [-0.3, -0.25) is 0 Å². The van der Waals surface area contributed by atoms with Gasteiger partial charge in [0.15, 0.2) is 11.5 Å². The molecule has 0 heterocycles. The lowest BCUT2D eigenvalue weighted by atomic mass is 9.87. The SMILES string of the molecule is COc1c(C)ccc(C2(N)CCCC2)c1OC. The van der Waals surface area contributed by atoms with Gasteiger partial charge < -0.3 is 15.2 Å². The smallest absolute Gasteiger partial charge is 0.166 e. The van der Waals surface area contributed by atoms with Crippen molar-refractivity contribution in [3.8, 4) is 11.5 Å². The van der Waals surface area contributed by atoms with Gasteiger partial charge in [-0.25, -0.2) is 0 Å². The van der Waals surface area contributed by atoms with Gasteiger partial charge in [0, 0.05) is 11.1 Å². The molecule has 0 spiro atoms. The third-order valence-corrected chi connectivity index (χ3v) is 3.75. The van der Waals surface area contributed by atoms with Crippen molar-refractivity contribution in [3.05, 3.63) is 23.3 Å². The fourth-order valence-corrected chi connectivity index (χ4v) is 2.78. The molecule has 1 aliphatic carbocycles. The first-order chi connectivity index (χ1) is 8.12. The van der Waals surface area contributed by atoms with E-state index in [0.29, 0.717) is 0 Å². The highest BCUT2D eigenvalue weighted by molar-refractivity contribution is 5.54. The Hall–Kier alpha value is -1.22. The molecule has 0 aliphatic heterocycles. The molecule has 1 saturated carbocycles. The van der Waals surface area contributed by atoms with Crippen molar-refractivity contribution in [2.45, 2.75) is 38.1 Å². The Kier molecular flexibility index (Phi) is 3.29. The minimum Gasteiger partial charge on any atom is -0.493 e. The normalized spacial score (nSPS) is 18.1. The van der Waals surface area contributed by atoms with Gasteiger partial charge in [-0.15, -0.1) is 0 Å². The van der Waals surface area contributed by atoms with Crippen LogP contribution in [0.3, 0.4) is 0 Å². The van der Waals surface area contributed by atoms with E-state index >= 15 is 0 Å². The second kappa shape index (κ2) is 4.57. The van der Waals surface area contributed by atoms with Gasteiger partial charge in [0.05, 0.1) is 14.2 Å². The lowest BCUT2D eigenvalue weighted by Crippen LogP contribution is -2.33. The molecule has 0 saturated heterocycles. The van der Waals surface area contributed by atoms with Gasteiger partial charge in [-0.2, -0.15) is 0 Å². The van der Waals surface area contributed by atoms with Crippen LogP contribution in [0.2, 0.25) is 0 Å². The van der Waals surface area contributed by atoms with Crippen molar-refractivity contribution in [2.24, 2.45) is 5.73 Å². The molecule has 3 nitrogen and oxygen atoms in total. The molecule has 0 radical (unpaired) electrons. The van der Waals surface area contributed by atoms with Crippen LogP contribution in [-0.2, 0) is 5.54 Å². The molecular formula is C14H21NO2. The average molecular weight is 235 g/mol. The first-order valence-corrected chi connectivity index (χ1v) is 6.13. The predicted molar refractivity (Wildman–Crippen MR) is 68.6 cm³/mol. The highest BCUT2D eigenvalue weighted by atomic mass is 16.5. The summed E-state index contributed by atoms with van der Waals surface area (Å²) in [6.45, 7) is 2.02. The van der Waals surface area contributed by atoms with E-state index in [1.165, 1.54) is 12.8 Å². The Morgan fingerprint density at radius 1 is 1.06 bits per heavy atom. The number of rotatable bonds is 3. The molecule has 2 rings (SSSR count). The molecule has 0 bridgehead atoms. The van der Waals surface area contributed by atoms with Crippen molar-refractivity contribution in [1.29, 1.82) is 0 Å². The van der Waals surface area contributed by atoms with E-state index in [1.807, 2.05) is 6.92 Å². The van der Waals surface area contributed by atoms with Crippen LogP contribution in [0.1, 0.15) is 36.8 Å². The average Bonchev–Trinajstić information content (AvgIpc) is 2.76. The number of hydrogen-bond acceptors (Lipinski definition) is 3. The van der Waals surface area contributed by atoms with Crippen LogP contribution in [0.15, 0.2) is 12.1 Å². The summed E-state index contributed by atoms with van der Waals surface area (Å²) in [6.07, 6.45) is 4.43.